The Bertz CT molecular complexity index is 1350. The zero-order valence-corrected chi connectivity index (χ0v) is 17.4. The molecule has 0 spiro atoms. The van der Waals surface area contributed by atoms with Crippen LogP contribution in [0.2, 0.25) is 0 Å². The molecule has 15 heteroatoms. The molecule has 0 saturated heterocycles. The summed E-state index contributed by atoms with van der Waals surface area (Å²) in [6, 6.07) is 6.63. The SMILES string of the molecule is CCn1c(Oc2ccccc2F)nn(C(=O)NS(=O)(=O)c2ccccc2OC(F)(F)F)c1=O. The van der Waals surface area contributed by atoms with Crippen LogP contribution in [-0.4, -0.2) is 35.2 Å². The predicted molar refractivity (Wildman–Crippen MR) is 103 cm³/mol. The van der Waals surface area contributed by atoms with Gasteiger partial charge in [-0.25, -0.2) is 31.7 Å². The van der Waals surface area contributed by atoms with Crippen LogP contribution in [0.15, 0.2) is 58.2 Å². The van der Waals surface area contributed by atoms with Crippen LogP contribution in [-0.2, 0) is 16.6 Å². The van der Waals surface area contributed by atoms with E-state index in [1.54, 1.807) is 0 Å². The molecule has 0 bridgehead atoms. The van der Waals surface area contributed by atoms with Gasteiger partial charge < -0.3 is 9.47 Å². The number of nitrogens with zero attached hydrogens (tertiary/aromatic N) is 3. The van der Waals surface area contributed by atoms with Gasteiger partial charge in [-0.3, -0.25) is 0 Å². The molecule has 0 saturated carbocycles. The van der Waals surface area contributed by atoms with Crippen LogP contribution in [0, 0.1) is 5.82 Å². The molecule has 3 rings (SSSR count). The number of alkyl halides is 3. The first-order chi connectivity index (χ1) is 15.4. The number of benzene rings is 2. The van der Waals surface area contributed by atoms with E-state index < -0.39 is 50.6 Å². The molecule has 3 aromatic rings. The number of para-hydroxylation sites is 2. The van der Waals surface area contributed by atoms with Crippen molar-refractivity contribution in [3.05, 3.63) is 64.8 Å². The molecule has 0 unspecified atom stereocenters. The minimum Gasteiger partial charge on any atom is -0.421 e. The fraction of sp³-hybridized carbons (Fsp3) is 0.167. The smallest absolute Gasteiger partial charge is 0.421 e. The molecule has 10 nitrogen and oxygen atoms in total. The summed E-state index contributed by atoms with van der Waals surface area (Å²) in [4.78, 5) is 23.9. The van der Waals surface area contributed by atoms with Gasteiger partial charge in [-0.05, 0) is 31.2 Å². The molecule has 0 atom stereocenters. The van der Waals surface area contributed by atoms with E-state index in [4.69, 9.17) is 4.74 Å². The number of carbonyl (C=O) groups excluding carboxylic acids is 1. The highest BCUT2D eigenvalue weighted by Gasteiger charge is 2.34. The van der Waals surface area contributed by atoms with Crippen molar-refractivity contribution in [2.45, 2.75) is 24.7 Å². The second-order valence-corrected chi connectivity index (χ2v) is 7.81. The normalized spacial score (nSPS) is 11.8. The van der Waals surface area contributed by atoms with Crippen LogP contribution >= 0.6 is 0 Å². The van der Waals surface area contributed by atoms with Gasteiger partial charge >= 0.3 is 24.1 Å². The standard InChI is InChI=1S/C18H14F4N4O6S/c1-2-25-16(31-12-8-4-3-7-11(12)19)23-26(17(25)28)15(27)24-33(29,30)14-10-6-5-9-13(14)32-18(20,21)22/h3-10H,2H2,1H3,(H,24,27). The summed E-state index contributed by atoms with van der Waals surface area (Å²) >= 11 is 0. The molecular formula is C18H14F4N4O6S. The molecule has 1 aromatic heterocycles. The fourth-order valence-electron chi connectivity index (χ4n) is 2.58. The second-order valence-electron chi connectivity index (χ2n) is 6.16. The molecule has 0 radical (unpaired) electrons. The second kappa shape index (κ2) is 8.93. The molecule has 1 N–H and O–H groups in total. The highest BCUT2D eigenvalue weighted by molar-refractivity contribution is 7.90. The molecule has 0 aliphatic rings. The molecule has 33 heavy (non-hydrogen) atoms. The number of hydrogen-bond acceptors (Lipinski definition) is 7. The zero-order valence-electron chi connectivity index (χ0n) is 16.5. The summed E-state index contributed by atoms with van der Waals surface area (Å²) in [5.74, 6) is -2.22. The number of carbonyl (C=O) groups is 1. The monoisotopic (exact) mass is 490 g/mol. The first-order valence-corrected chi connectivity index (χ1v) is 10.5. The lowest BCUT2D eigenvalue weighted by atomic mass is 10.3. The zero-order chi connectivity index (χ0) is 24.4. The van der Waals surface area contributed by atoms with Crippen LogP contribution in [0.3, 0.4) is 0 Å². The Labute approximate surface area is 183 Å². The van der Waals surface area contributed by atoms with Gasteiger partial charge in [-0.1, -0.05) is 24.3 Å². The molecule has 2 aromatic carbocycles. The first kappa shape index (κ1) is 23.8. The van der Waals surface area contributed by atoms with Crippen LogP contribution in [0.1, 0.15) is 6.92 Å². The highest BCUT2D eigenvalue weighted by Crippen LogP contribution is 2.29. The van der Waals surface area contributed by atoms with E-state index in [1.807, 2.05) is 0 Å². The van der Waals surface area contributed by atoms with E-state index in [1.165, 1.54) is 29.8 Å². The lowest BCUT2D eigenvalue weighted by Crippen LogP contribution is -2.40. The Balaban J connectivity index is 1.93. The summed E-state index contributed by atoms with van der Waals surface area (Å²) in [5.41, 5.74) is -1.14. The predicted octanol–water partition coefficient (Wildman–Crippen LogP) is 2.84. The van der Waals surface area contributed by atoms with Gasteiger partial charge in [0.25, 0.3) is 10.0 Å². The van der Waals surface area contributed by atoms with Crippen LogP contribution in [0.5, 0.6) is 17.5 Å². The Morgan fingerprint density at radius 1 is 1.09 bits per heavy atom. The fourth-order valence-corrected chi connectivity index (χ4v) is 3.64. The minimum atomic E-state index is -5.20. The molecule has 0 fully saturated rings. The number of amides is 1. The van der Waals surface area contributed by atoms with Crippen molar-refractivity contribution in [3.8, 4) is 17.5 Å². The van der Waals surface area contributed by atoms with Crippen molar-refractivity contribution in [2.75, 3.05) is 0 Å². The number of ether oxygens (including phenoxy) is 2. The molecule has 0 aliphatic carbocycles. The Hall–Kier alpha value is -3.88. The van der Waals surface area contributed by atoms with Gasteiger partial charge in [0.15, 0.2) is 11.6 Å². The Morgan fingerprint density at radius 2 is 1.70 bits per heavy atom. The van der Waals surface area contributed by atoms with Gasteiger partial charge in [0, 0.05) is 6.54 Å². The number of halogens is 4. The van der Waals surface area contributed by atoms with E-state index >= 15 is 0 Å². The number of sulfonamides is 1. The maximum absolute atomic E-state index is 13.8. The quantitative estimate of drug-likeness (QED) is 0.528. The van der Waals surface area contributed by atoms with Crippen LogP contribution < -0.4 is 19.9 Å². The Morgan fingerprint density at radius 3 is 2.30 bits per heavy atom. The number of aromatic nitrogens is 3. The van der Waals surface area contributed by atoms with Gasteiger partial charge in [0.1, 0.15) is 10.6 Å². The van der Waals surface area contributed by atoms with E-state index in [9.17, 15) is 35.6 Å². The number of hydrogen-bond donors (Lipinski definition) is 1. The maximum Gasteiger partial charge on any atom is 0.573 e. The molecule has 1 amide bonds. The molecule has 0 aliphatic heterocycles. The van der Waals surface area contributed by atoms with E-state index in [0.717, 1.165) is 34.9 Å². The third-order valence-electron chi connectivity index (χ3n) is 3.96. The maximum atomic E-state index is 13.8. The average Bonchev–Trinajstić information content (AvgIpc) is 3.03. The van der Waals surface area contributed by atoms with Crippen LogP contribution in [0.4, 0.5) is 22.4 Å². The van der Waals surface area contributed by atoms with Gasteiger partial charge in [0.05, 0.1) is 0 Å². The van der Waals surface area contributed by atoms with E-state index in [0.29, 0.717) is 0 Å². The summed E-state index contributed by atoms with van der Waals surface area (Å²) in [6.45, 7) is 1.38. The van der Waals surface area contributed by atoms with Crippen LogP contribution in [0.25, 0.3) is 0 Å². The Kier molecular flexibility index (Phi) is 6.44. The third-order valence-corrected chi connectivity index (χ3v) is 5.32. The topological polar surface area (TPSA) is 122 Å². The first-order valence-electron chi connectivity index (χ1n) is 8.97. The number of rotatable bonds is 6. The van der Waals surface area contributed by atoms with Crippen molar-refractivity contribution in [3.63, 3.8) is 0 Å². The van der Waals surface area contributed by atoms with Gasteiger partial charge in [-0.15, -0.1) is 23.0 Å². The van der Waals surface area contributed by atoms with Crippen molar-refractivity contribution >= 4 is 16.1 Å². The third kappa shape index (κ3) is 5.31. The summed E-state index contributed by atoms with van der Waals surface area (Å²) in [5, 5.41) is 3.57. The summed E-state index contributed by atoms with van der Waals surface area (Å²) < 4.78 is 87.8. The molecular weight excluding hydrogens is 476 g/mol. The highest BCUT2D eigenvalue weighted by atomic mass is 32.2. The van der Waals surface area contributed by atoms with E-state index in [-0.39, 0.29) is 17.0 Å². The van der Waals surface area contributed by atoms with Crippen molar-refractivity contribution in [1.82, 2.24) is 19.1 Å². The van der Waals surface area contributed by atoms with Crippen molar-refractivity contribution < 1.29 is 40.2 Å². The van der Waals surface area contributed by atoms with E-state index in [2.05, 4.69) is 9.84 Å². The lowest BCUT2D eigenvalue weighted by Gasteiger charge is -2.13. The summed E-state index contributed by atoms with van der Waals surface area (Å²) in [7, 11) is -4.94. The number of nitrogens with one attached hydrogen (secondary N) is 1. The largest absolute Gasteiger partial charge is 0.573 e. The van der Waals surface area contributed by atoms with Gasteiger partial charge in [0.2, 0.25) is 0 Å². The lowest BCUT2D eigenvalue weighted by molar-refractivity contribution is -0.275. The average molecular weight is 490 g/mol. The molecule has 1 heterocycles. The van der Waals surface area contributed by atoms with Gasteiger partial charge in [-0.2, -0.15) is 0 Å². The summed E-state index contributed by atoms with van der Waals surface area (Å²) in [6.07, 6.45) is -5.20. The minimum absolute atomic E-state index is 0.0739. The molecule has 176 valence electrons. The van der Waals surface area contributed by atoms with Crippen molar-refractivity contribution in [1.29, 1.82) is 0 Å². The van der Waals surface area contributed by atoms with Crippen molar-refractivity contribution in [2.24, 2.45) is 0 Å².